The first kappa shape index (κ1) is 17.1. The van der Waals surface area contributed by atoms with Crippen LogP contribution in [0.2, 0.25) is 0 Å². The predicted octanol–water partition coefficient (Wildman–Crippen LogP) is 2.77. The molecule has 3 rings (SSSR count). The van der Waals surface area contributed by atoms with Gasteiger partial charge in [0.05, 0.1) is 23.2 Å². The summed E-state index contributed by atoms with van der Waals surface area (Å²) >= 11 is 0. The van der Waals surface area contributed by atoms with Crippen LogP contribution in [0.3, 0.4) is 0 Å². The second-order valence-corrected chi connectivity index (χ2v) is 6.96. The lowest BCUT2D eigenvalue weighted by Crippen LogP contribution is -2.42. The first-order valence-corrected chi connectivity index (χ1v) is 8.01. The molecule has 6 nitrogen and oxygen atoms in total. The van der Waals surface area contributed by atoms with Gasteiger partial charge in [0, 0.05) is 31.3 Å². The number of pyridine rings is 1. The van der Waals surface area contributed by atoms with Crippen molar-refractivity contribution in [1.82, 2.24) is 14.8 Å². The molecule has 0 N–H and O–H groups in total. The van der Waals surface area contributed by atoms with Crippen LogP contribution in [0.5, 0.6) is 0 Å². The van der Waals surface area contributed by atoms with Crippen LogP contribution in [0, 0.1) is 16.7 Å². The summed E-state index contributed by atoms with van der Waals surface area (Å²) in [5.74, 6) is -0.161. The lowest BCUT2D eigenvalue weighted by molar-refractivity contribution is -0.128. The number of carbonyl (C=O) groups excluding carboxylic acids is 1. The topological polar surface area (TPSA) is 80.8 Å². The number of hydrogen-bond donors (Lipinski definition) is 0. The van der Waals surface area contributed by atoms with Crippen LogP contribution < -0.4 is 0 Å². The Balaban J connectivity index is 2.14. The maximum absolute atomic E-state index is 12.4. The van der Waals surface area contributed by atoms with Crippen LogP contribution in [0.15, 0.2) is 42.2 Å². The van der Waals surface area contributed by atoms with Crippen LogP contribution in [-0.4, -0.2) is 27.7 Å². The summed E-state index contributed by atoms with van der Waals surface area (Å²) in [7, 11) is 3.43. The number of aromatic nitrogens is 3. The molecule has 0 radical (unpaired) electrons. The number of ether oxygens (including phenoxy) is 1. The molecule has 2 aromatic heterocycles. The van der Waals surface area contributed by atoms with Crippen LogP contribution in [-0.2, 0) is 22.2 Å². The summed E-state index contributed by atoms with van der Waals surface area (Å²) in [4.78, 5) is 17.2. The summed E-state index contributed by atoms with van der Waals surface area (Å²) in [6.07, 6.45) is 5.66. The summed E-state index contributed by atoms with van der Waals surface area (Å²) in [5, 5.41) is 13.6. The molecular weight excluding hydrogens is 316 g/mol. The fraction of sp³-hybridized carbons (Fsp3) is 0.368. The number of methoxy groups -OCH3 is 1. The van der Waals surface area contributed by atoms with Gasteiger partial charge in [-0.25, -0.2) is 4.98 Å². The quantitative estimate of drug-likeness (QED) is 0.861. The summed E-state index contributed by atoms with van der Waals surface area (Å²) in [6, 6.07) is 7.67. The highest BCUT2D eigenvalue weighted by molar-refractivity contribution is 6.03. The third-order valence-corrected chi connectivity index (χ3v) is 4.61. The Morgan fingerprint density at radius 3 is 2.72 bits per heavy atom. The maximum Gasteiger partial charge on any atom is 0.178 e. The molecule has 0 aromatic carbocycles. The van der Waals surface area contributed by atoms with Gasteiger partial charge in [0.25, 0.3) is 0 Å². The third-order valence-electron chi connectivity index (χ3n) is 4.61. The van der Waals surface area contributed by atoms with Crippen LogP contribution in [0.1, 0.15) is 26.0 Å². The van der Waals surface area contributed by atoms with E-state index in [9.17, 15) is 10.1 Å². The molecule has 0 saturated heterocycles. The standard InChI is InChI=1S/C19H20N4O2/c1-18(2)12-19(25-4,8-13(9-20)17(18)24)16-7-5-6-15(22-16)14-10-21-23(3)11-14/h5-8,10-11H,12H2,1-4H3. The molecule has 2 aromatic rings. The predicted molar refractivity (Wildman–Crippen MR) is 92.2 cm³/mol. The highest BCUT2D eigenvalue weighted by Gasteiger charge is 2.47. The van der Waals surface area contributed by atoms with Crippen molar-refractivity contribution in [3.63, 3.8) is 0 Å². The fourth-order valence-electron chi connectivity index (χ4n) is 3.32. The number of Topliss-reactive ketones (excluding diaryl/α,β-unsaturated/α-hetero) is 1. The molecule has 0 saturated carbocycles. The zero-order valence-electron chi connectivity index (χ0n) is 14.8. The number of allylic oxidation sites excluding steroid dienone is 1. The first-order valence-electron chi connectivity index (χ1n) is 8.01. The number of rotatable bonds is 3. The fourth-order valence-corrected chi connectivity index (χ4v) is 3.32. The van der Waals surface area contributed by atoms with Gasteiger partial charge in [-0.15, -0.1) is 0 Å². The number of nitriles is 1. The van der Waals surface area contributed by atoms with Crippen LogP contribution in [0.4, 0.5) is 0 Å². The molecule has 0 spiro atoms. The number of aryl methyl sites for hydroxylation is 1. The van der Waals surface area contributed by atoms with Crippen molar-refractivity contribution in [2.75, 3.05) is 7.11 Å². The molecule has 0 aliphatic heterocycles. The van der Waals surface area contributed by atoms with Crippen molar-refractivity contribution in [1.29, 1.82) is 5.26 Å². The molecule has 0 bridgehead atoms. The monoisotopic (exact) mass is 336 g/mol. The second-order valence-electron chi connectivity index (χ2n) is 6.96. The Morgan fingerprint density at radius 2 is 2.12 bits per heavy atom. The third kappa shape index (κ3) is 2.87. The minimum atomic E-state index is -0.916. The van der Waals surface area contributed by atoms with Crippen molar-refractivity contribution >= 4 is 5.78 Å². The van der Waals surface area contributed by atoms with E-state index >= 15 is 0 Å². The number of nitrogens with zero attached hydrogens (tertiary/aromatic N) is 4. The van der Waals surface area contributed by atoms with E-state index in [-0.39, 0.29) is 11.4 Å². The van der Waals surface area contributed by atoms with E-state index in [2.05, 4.69) is 5.10 Å². The van der Waals surface area contributed by atoms with Gasteiger partial charge >= 0.3 is 0 Å². The number of hydrogen-bond acceptors (Lipinski definition) is 5. The van der Waals surface area contributed by atoms with Gasteiger partial charge in [0.2, 0.25) is 0 Å². The molecule has 25 heavy (non-hydrogen) atoms. The van der Waals surface area contributed by atoms with E-state index in [1.165, 1.54) is 0 Å². The molecule has 1 unspecified atom stereocenters. The number of ketones is 1. The average molecular weight is 336 g/mol. The maximum atomic E-state index is 12.4. The second kappa shape index (κ2) is 5.94. The van der Waals surface area contributed by atoms with Crippen molar-refractivity contribution in [3.05, 3.63) is 47.9 Å². The van der Waals surface area contributed by atoms with Crippen LogP contribution in [0.25, 0.3) is 11.3 Å². The molecule has 0 amide bonds. The molecule has 1 aliphatic rings. The van der Waals surface area contributed by atoms with Gasteiger partial charge in [0.1, 0.15) is 11.7 Å². The van der Waals surface area contributed by atoms with Gasteiger partial charge in [-0.3, -0.25) is 9.48 Å². The lowest BCUT2D eigenvalue weighted by atomic mass is 9.68. The van der Waals surface area contributed by atoms with E-state index < -0.39 is 11.0 Å². The normalized spacial score (nSPS) is 22.4. The molecule has 2 heterocycles. The van der Waals surface area contributed by atoms with E-state index in [0.717, 1.165) is 11.3 Å². The smallest absolute Gasteiger partial charge is 0.178 e. The first-order chi connectivity index (χ1) is 11.8. The van der Waals surface area contributed by atoms with Crippen LogP contribution >= 0.6 is 0 Å². The minimum absolute atomic E-state index is 0.117. The highest BCUT2D eigenvalue weighted by atomic mass is 16.5. The molecule has 128 valence electrons. The summed E-state index contributed by atoms with van der Waals surface area (Å²) in [6.45, 7) is 3.66. The Kier molecular flexibility index (Phi) is 4.05. The van der Waals surface area contributed by atoms with E-state index in [1.807, 2.05) is 51.4 Å². The average Bonchev–Trinajstić information content (AvgIpc) is 3.04. The molecule has 1 aliphatic carbocycles. The molecular formula is C19H20N4O2. The van der Waals surface area contributed by atoms with Crippen molar-refractivity contribution in [3.8, 4) is 17.3 Å². The largest absolute Gasteiger partial charge is 0.368 e. The minimum Gasteiger partial charge on any atom is -0.368 e. The van der Waals surface area contributed by atoms with Crippen molar-refractivity contribution < 1.29 is 9.53 Å². The van der Waals surface area contributed by atoms with E-state index in [0.29, 0.717) is 12.1 Å². The van der Waals surface area contributed by atoms with Gasteiger partial charge in [-0.05, 0) is 24.6 Å². The zero-order valence-corrected chi connectivity index (χ0v) is 14.8. The van der Waals surface area contributed by atoms with Gasteiger partial charge in [0.15, 0.2) is 5.78 Å². The van der Waals surface area contributed by atoms with Gasteiger partial charge in [-0.1, -0.05) is 19.9 Å². The summed E-state index contributed by atoms with van der Waals surface area (Å²) in [5.41, 5.74) is 0.828. The Labute approximate surface area is 146 Å². The SMILES string of the molecule is COC1(c2cccc(-c3cnn(C)c3)n2)C=C(C#N)C(=O)C(C)(C)C1. The Bertz CT molecular complexity index is 904. The molecule has 0 fully saturated rings. The Morgan fingerprint density at radius 1 is 1.36 bits per heavy atom. The van der Waals surface area contributed by atoms with Gasteiger partial charge in [-0.2, -0.15) is 10.4 Å². The molecule has 6 heteroatoms. The Hall–Kier alpha value is -2.78. The number of carbonyl (C=O) groups is 1. The summed E-state index contributed by atoms with van der Waals surface area (Å²) < 4.78 is 7.53. The lowest BCUT2D eigenvalue weighted by Gasteiger charge is -2.39. The van der Waals surface area contributed by atoms with E-state index in [4.69, 9.17) is 9.72 Å². The zero-order chi connectivity index (χ0) is 18.2. The van der Waals surface area contributed by atoms with Crippen molar-refractivity contribution in [2.24, 2.45) is 12.5 Å². The van der Waals surface area contributed by atoms with Gasteiger partial charge < -0.3 is 4.74 Å². The van der Waals surface area contributed by atoms with E-state index in [1.54, 1.807) is 24.1 Å². The highest BCUT2D eigenvalue weighted by Crippen LogP contribution is 2.44. The molecule has 1 atom stereocenters. The van der Waals surface area contributed by atoms with Crippen molar-refractivity contribution in [2.45, 2.75) is 25.9 Å².